The van der Waals surface area contributed by atoms with Gasteiger partial charge in [0.15, 0.2) is 0 Å². The molecule has 2 aromatic rings. The summed E-state index contributed by atoms with van der Waals surface area (Å²) in [6, 6.07) is 7.26. The highest BCUT2D eigenvalue weighted by molar-refractivity contribution is 5.77. The van der Waals surface area contributed by atoms with E-state index in [2.05, 4.69) is 4.98 Å². The number of fused-ring (bicyclic) bond motifs is 1. The number of hydrogen-bond acceptors (Lipinski definition) is 3. The summed E-state index contributed by atoms with van der Waals surface area (Å²) in [5, 5.41) is 9.32. The third-order valence-electron chi connectivity index (χ3n) is 3.18. The normalized spacial score (nSPS) is 10.8. The highest BCUT2D eigenvalue weighted by Gasteiger charge is 2.10. The molecule has 0 atom stereocenters. The SMILES string of the molecule is CCCn1c(CCCC(=O)O)nc2ccccc2c1=O. The Balaban J connectivity index is 2.42. The summed E-state index contributed by atoms with van der Waals surface area (Å²) < 4.78 is 1.67. The van der Waals surface area contributed by atoms with Gasteiger partial charge < -0.3 is 5.11 Å². The lowest BCUT2D eigenvalue weighted by atomic mass is 10.2. The molecule has 1 heterocycles. The second-order valence-electron chi connectivity index (χ2n) is 4.75. The number of benzene rings is 1. The molecule has 1 aromatic carbocycles. The Morgan fingerprint density at radius 3 is 2.80 bits per heavy atom. The maximum atomic E-state index is 12.4. The van der Waals surface area contributed by atoms with E-state index >= 15 is 0 Å². The van der Waals surface area contributed by atoms with Crippen molar-refractivity contribution in [3.05, 3.63) is 40.4 Å². The summed E-state index contributed by atoms with van der Waals surface area (Å²) in [5.74, 6) is -0.146. The van der Waals surface area contributed by atoms with Crippen molar-refractivity contribution in [1.29, 1.82) is 0 Å². The zero-order chi connectivity index (χ0) is 14.5. The van der Waals surface area contributed by atoms with E-state index in [1.807, 2.05) is 25.1 Å². The van der Waals surface area contributed by atoms with Gasteiger partial charge in [-0.3, -0.25) is 14.2 Å². The summed E-state index contributed by atoms with van der Waals surface area (Å²) in [4.78, 5) is 27.6. The molecule has 0 saturated heterocycles. The highest BCUT2D eigenvalue weighted by atomic mass is 16.4. The zero-order valence-electron chi connectivity index (χ0n) is 11.5. The molecule has 106 valence electrons. The van der Waals surface area contributed by atoms with Gasteiger partial charge in [0.05, 0.1) is 10.9 Å². The molecule has 0 amide bonds. The number of nitrogens with zero attached hydrogens (tertiary/aromatic N) is 2. The van der Waals surface area contributed by atoms with Crippen molar-refractivity contribution < 1.29 is 9.90 Å². The van der Waals surface area contributed by atoms with Gasteiger partial charge in [0.2, 0.25) is 0 Å². The number of aliphatic carboxylic acids is 1. The molecular weight excluding hydrogens is 256 g/mol. The van der Waals surface area contributed by atoms with Crippen LogP contribution < -0.4 is 5.56 Å². The van der Waals surface area contributed by atoms with Crippen LogP contribution in [0.2, 0.25) is 0 Å². The minimum absolute atomic E-state index is 0.0391. The molecule has 0 unspecified atom stereocenters. The maximum Gasteiger partial charge on any atom is 0.303 e. The van der Waals surface area contributed by atoms with Crippen molar-refractivity contribution in [2.75, 3.05) is 0 Å². The lowest BCUT2D eigenvalue weighted by Gasteiger charge is -2.12. The smallest absolute Gasteiger partial charge is 0.303 e. The Bertz CT molecular complexity index is 676. The molecule has 0 fully saturated rings. The first-order valence-corrected chi connectivity index (χ1v) is 6.83. The number of carboxylic acid groups (broad SMARTS) is 1. The summed E-state index contributed by atoms with van der Waals surface area (Å²) in [5.41, 5.74) is 0.637. The quantitative estimate of drug-likeness (QED) is 0.876. The summed E-state index contributed by atoms with van der Waals surface area (Å²) in [6.07, 6.45) is 1.93. The molecule has 0 aliphatic carbocycles. The number of aromatic nitrogens is 2. The summed E-state index contributed by atoms with van der Waals surface area (Å²) in [6.45, 7) is 2.61. The third kappa shape index (κ3) is 3.04. The van der Waals surface area contributed by atoms with Crippen molar-refractivity contribution in [3.8, 4) is 0 Å². The van der Waals surface area contributed by atoms with Crippen LogP contribution in [-0.4, -0.2) is 20.6 Å². The number of rotatable bonds is 6. The molecule has 2 rings (SSSR count). The van der Waals surface area contributed by atoms with Crippen LogP contribution in [0, 0.1) is 0 Å². The highest BCUT2D eigenvalue weighted by Crippen LogP contribution is 2.10. The van der Waals surface area contributed by atoms with E-state index in [1.165, 1.54) is 0 Å². The van der Waals surface area contributed by atoms with E-state index < -0.39 is 5.97 Å². The van der Waals surface area contributed by atoms with Gasteiger partial charge in [-0.15, -0.1) is 0 Å². The monoisotopic (exact) mass is 274 g/mol. The Morgan fingerprint density at radius 1 is 1.35 bits per heavy atom. The first-order chi connectivity index (χ1) is 9.63. The second kappa shape index (κ2) is 6.32. The van der Waals surface area contributed by atoms with Gasteiger partial charge in [0.1, 0.15) is 5.82 Å². The number of para-hydroxylation sites is 1. The van der Waals surface area contributed by atoms with E-state index in [-0.39, 0.29) is 12.0 Å². The maximum absolute atomic E-state index is 12.4. The minimum Gasteiger partial charge on any atom is -0.481 e. The standard InChI is InChI=1S/C15H18N2O3/c1-2-10-17-13(8-5-9-14(18)19)16-12-7-4-3-6-11(12)15(17)20/h3-4,6-7H,2,5,8-10H2,1H3,(H,18,19). The van der Waals surface area contributed by atoms with Gasteiger partial charge in [-0.2, -0.15) is 0 Å². The van der Waals surface area contributed by atoms with E-state index in [0.29, 0.717) is 36.1 Å². The zero-order valence-corrected chi connectivity index (χ0v) is 11.5. The van der Waals surface area contributed by atoms with Crippen molar-refractivity contribution >= 4 is 16.9 Å². The summed E-state index contributed by atoms with van der Waals surface area (Å²) >= 11 is 0. The third-order valence-corrected chi connectivity index (χ3v) is 3.18. The fraction of sp³-hybridized carbons (Fsp3) is 0.400. The van der Waals surface area contributed by atoms with Gasteiger partial charge >= 0.3 is 5.97 Å². The Labute approximate surface area is 116 Å². The summed E-state index contributed by atoms with van der Waals surface area (Å²) in [7, 11) is 0. The molecular formula is C15H18N2O3. The van der Waals surface area contributed by atoms with Gasteiger partial charge in [-0.1, -0.05) is 19.1 Å². The first-order valence-electron chi connectivity index (χ1n) is 6.83. The molecule has 20 heavy (non-hydrogen) atoms. The lowest BCUT2D eigenvalue weighted by Crippen LogP contribution is -2.25. The minimum atomic E-state index is -0.824. The van der Waals surface area contributed by atoms with Crippen LogP contribution in [-0.2, 0) is 17.8 Å². The molecule has 1 N–H and O–H groups in total. The number of hydrogen-bond donors (Lipinski definition) is 1. The van der Waals surface area contributed by atoms with Crippen LogP contribution in [0.3, 0.4) is 0 Å². The van der Waals surface area contributed by atoms with Gasteiger partial charge in [0, 0.05) is 19.4 Å². The molecule has 0 radical (unpaired) electrons. The van der Waals surface area contributed by atoms with E-state index in [0.717, 1.165) is 6.42 Å². The fourth-order valence-electron chi connectivity index (χ4n) is 2.26. The van der Waals surface area contributed by atoms with E-state index in [4.69, 9.17) is 5.11 Å². The van der Waals surface area contributed by atoms with Crippen LogP contribution in [0.25, 0.3) is 10.9 Å². The molecule has 0 bridgehead atoms. The first kappa shape index (κ1) is 14.2. The predicted molar refractivity (Wildman–Crippen MR) is 76.9 cm³/mol. The van der Waals surface area contributed by atoms with Crippen LogP contribution in [0.5, 0.6) is 0 Å². The van der Waals surface area contributed by atoms with E-state index in [9.17, 15) is 9.59 Å². The molecule has 1 aromatic heterocycles. The molecule has 5 heteroatoms. The van der Waals surface area contributed by atoms with Crippen LogP contribution >= 0.6 is 0 Å². The molecule has 0 spiro atoms. The Hall–Kier alpha value is -2.17. The van der Waals surface area contributed by atoms with Crippen LogP contribution in [0.4, 0.5) is 0 Å². The molecule has 0 aliphatic heterocycles. The van der Waals surface area contributed by atoms with Gasteiger partial charge in [-0.05, 0) is 25.0 Å². The predicted octanol–water partition coefficient (Wildman–Crippen LogP) is 2.21. The second-order valence-corrected chi connectivity index (χ2v) is 4.75. The Kier molecular flexibility index (Phi) is 4.50. The van der Waals surface area contributed by atoms with Gasteiger partial charge in [0.25, 0.3) is 5.56 Å². The van der Waals surface area contributed by atoms with Crippen LogP contribution in [0.1, 0.15) is 32.0 Å². The largest absolute Gasteiger partial charge is 0.481 e. The van der Waals surface area contributed by atoms with Gasteiger partial charge in [-0.25, -0.2) is 4.98 Å². The van der Waals surface area contributed by atoms with E-state index in [1.54, 1.807) is 10.6 Å². The fourth-order valence-corrected chi connectivity index (χ4v) is 2.26. The molecule has 0 saturated carbocycles. The van der Waals surface area contributed by atoms with Crippen LogP contribution in [0.15, 0.2) is 29.1 Å². The average Bonchev–Trinajstić information content (AvgIpc) is 2.42. The molecule has 5 nitrogen and oxygen atoms in total. The number of carbonyl (C=O) groups is 1. The average molecular weight is 274 g/mol. The Morgan fingerprint density at radius 2 is 2.10 bits per heavy atom. The molecule has 0 aliphatic rings. The van der Waals surface area contributed by atoms with Crippen molar-refractivity contribution in [2.45, 2.75) is 39.2 Å². The topological polar surface area (TPSA) is 72.2 Å². The van der Waals surface area contributed by atoms with Crippen molar-refractivity contribution in [1.82, 2.24) is 9.55 Å². The van der Waals surface area contributed by atoms with Crippen molar-refractivity contribution in [2.24, 2.45) is 0 Å². The van der Waals surface area contributed by atoms with Crippen molar-refractivity contribution in [3.63, 3.8) is 0 Å². The lowest BCUT2D eigenvalue weighted by molar-refractivity contribution is -0.137. The number of carboxylic acids is 1. The number of aryl methyl sites for hydroxylation is 1.